The summed E-state index contributed by atoms with van der Waals surface area (Å²) in [6.07, 6.45) is 30.7. The molecule has 0 rings (SSSR count). The largest absolute Gasteiger partial charge is 0.358 e. The van der Waals surface area contributed by atoms with Gasteiger partial charge in [-0.1, -0.05) is 103 Å². The molecule has 5 unspecified atom stereocenters. The van der Waals surface area contributed by atoms with Crippen molar-refractivity contribution in [2.24, 2.45) is 0 Å². The van der Waals surface area contributed by atoms with Crippen LogP contribution in [0.1, 0.15) is 53.4 Å². The van der Waals surface area contributed by atoms with Crippen molar-refractivity contribution in [1.82, 2.24) is 0 Å². The third-order valence-corrected chi connectivity index (χ3v) is 4.63. The number of hydrogen-bond donors (Lipinski definition) is 0. The molecule has 0 aromatic carbocycles. The quantitative estimate of drug-likeness (QED) is 0.150. The minimum absolute atomic E-state index is 0. The highest BCUT2D eigenvalue weighted by molar-refractivity contribution is 8.00. The molecule has 0 aliphatic rings. The van der Waals surface area contributed by atoms with Crippen LogP contribution in [0.2, 0.25) is 0 Å². The van der Waals surface area contributed by atoms with Crippen molar-refractivity contribution in [2.45, 2.75) is 65.6 Å². The lowest BCUT2D eigenvalue weighted by molar-refractivity contribution is 0.279. The van der Waals surface area contributed by atoms with E-state index >= 15 is 0 Å². The van der Waals surface area contributed by atoms with E-state index < -0.39 is 0 Å². The molecule has 0 heterocycles. The van der Waals surface area contributed by atoms with Crippen LogP contribution in [0.25, 0.3) is 0 Å². The molecule has 2 nitrogen and oxygen atoms in total. The fraction of sp³-hybridized carbons (Fsp3) is 0.455. The lowest BCUT2D eigenvalue weighted by Crippen LogP contribution is -2.01. The van der Waals surface area contributed by atoms with Gasteiger partial charge in [-0.15, -0.1) is 0 Å². The predicted octanol–water partition coefficient (Wildman–Crippen LogP) is 7.89. The smallest absolute Gasteiger partial charge is 0.0836 e. The zero-order valence-electron chi connectivity index (χ0n) is 16.1. The van der Waals surface area contributed by atoms with E-state index in [0.29, 0.717) is 8.50 Å². The molecular formula is C22H39O2P3. The summed E-state index contributed by atoms with van der Waals surface area (Å²) in [4.78, 5) is 0. The zero-order valence-corrected chi connectivity index (χ0v) is 19.4. The highest BCUT2D eigenvalue weighted by Gasteiger charge is 1.99. The van der Waals surface area contributed by atoms with Crippen molar-refractivity contribution >= 4 is 26.9 Å². The van der Waals surface area contributed by atoms with Gasteiger partial charge in [-0.05, 0) is 32.6 Å². The summed E-state index contributed by atoms with van der Waals surface area (Å²) in [6.45, 7) is 4.19. The van der Waals surface area contributed by atoms with Crippen molar-refractivity contribution in [3.05, 3.63) is 72.9 Å². The monoisotopic (exact) mass is 428 g/mol. The first-order valence-electron chi connectivity index (χ1n) is 9.18. The lowest BCUT2D eigenvalue weighted by atomic mass is 10.2. The molecule has 5 atom stereocenters. The van der Waals surface area contributed by atoms with Crippen molar-refractivity contribution in [3.8, 4) is 0 Å². The first-order valence-corrected chi connectivity index (χ1v) is 12.4. The average Bonchev–Trinajstić information content (AvgIpc) is 2.65. The molecule has 0 aliphatic carbocycles. The van der Waals surface area contributed by atoms with Gasteiger partial charge in [0.2, 0.25) is 0 Å². The van der Waals surface area contributed by atoms with Crippen LogP contribution in [0.5, 0.6) is 0 Å². The van der Waals surface area contributed by atoms with Crippen LogP contribution in [0, 0.1) is 0 Å². The topological polar surface area (TPSA) is 18.5 Å². The summed E-state index contributed by atoms with van der Waals surface area (Å²) in [7, 11) is 5.40. The Labute approximate surface area is 174 Å². The fourth-order valence-corrected chi connectivity index (χ4v) is 3.16. The third-order valence-electron chi connectivity index (χ3n) is 3.43. The summed E-state index contributed by atoms with van der Waals surface area (Å²) < 4.78 is 10.9. The van der Waals surface area contributed by atoms with Gasteiger partial charge in [0.15, 0.2) is 0 Å². The minimum atomic E-state index is 0. The van der Waals surface area contributed by atoms with Crippen molar-refractivity contribution < 1.29 is 9.05 Å². The van der Waals surface area contributed by atoms with E-state index in [9.17, 15) is 0 Å². The van der Waals surface area contributed by atoms with Crippen LogP contribution in [-0.4, -0.2) is 12.2 Å². The van der Waals surface area contributed by atoms with Gasteiger partial charge in [0.05, 0.1) is 12.2 Å². The molecule has 0 radical (unpaired) electrons. The molecule has 0 aliphatic heterocycles. The Hall–Kier alpha value is -0.350. The molecule has 154 valence electrons. The fourth-order valence-electron chi connectivity index (χ4n) is 2.06. The Balaban J connectivity index is 0. The number of rotatable bonds is 15. The predicted molar refractivity (Wildman–Crippen MR) is 133 cm³/mol. The van der Waals surface area contributed by atoms with Crippen LogP contribution in [-0.2, 0) is 9.05 Å². The Morgan fingerprint density at radius 3 is 1.96 bits per heavy atom. The number of allylic oxidation sites excluding steroid dienone is 9. The van der Waals surface area contributed by atoms with E-state index in [1.165, 1.54) is 0 Å². The normalized spacial score (nSPS) is 15.6. The summed E-state index contributed by atoms with van der Waals surface area (Å²) in [6, 6.07) is 0. The Bertz CT molecular complexity index is 480. The summed E-state index contributed by atoms with van der Waals surface area (Å²) in [5.74, 6) is 0. The second-order valence-electron chi connectivity index (χ2n) is 5.61. The van der Waals surface area contributed by atoms with Gasteiger partial charge in [0.25, 0.3) is 0 Å². The molecule has 27 heavy (non-hydrogen) atoms. The van der Waals surface area contributed by atoms with E-state index in [4.69, 9.17) is 9.05 Å². The molecule has 5 heteroatoms. The van der Waals surface area contributed by atoms with Crippen molar-refractivity contribution in [3.63, 3.8) is 0 Å². The van der Waals surface area contributed by atoms with Gasteiger partial charge in [0.1, 0.15) is 0 Å². The standard InChI is InChI=1S/C21H35O2P3.CH4/c1-3-5-17-21(23-26-25)19-15-13-11-9-7-6-8-10-12-14-18-20(22-24)16-4-2;/h3,5-7,10-15,18-21,26H,4,8-9,16-17,24-25H2,1-2H3;1H4/b5-3-,7-6-,12-10-,13-11-,18-14+,19-15+;. The summed E-state index contributed by atoms with van der Waals surface area (Å²) in [5, 5.41) is 0. The minimum Gasteiger partial charge on any atom is -0.358 e. The van der Waals surface area contributed by atoms with Crippen LogP contribution in [0.3, 0.4) is 0 Å². The van der Waals surface area contributed by atoms with Crippen molar-refractivity contribution in [2.75, 3.05) is 0 Å². The molecule has 0 amide bonds. The second-order valence-corrected chi connectivity index (χ2v) is 7.06. The molecule has 0 aromatic rings. The maximum Gasteiger partial charge on any atom is 0.0836 e. The van der Waals surface area contributed by atoms with Gasteiger partial charge in [-0.2, -0.15) is 0 Å². The van der Waals surface area contributed by atoms with Crippen molar-refractivity contribution in [1.29, 1.82) is 0 Å². The Kier molecular flexibility index (Phi) is 25.3. The summed E-state index contributed by atoms with van der Waals surface area (Å²) >= 11 is 0. The Morgan fingerprint density at radius 2 is 1.48 bits per heavy atom. The molecule has 0 bridgehead atoms. The van der Waals surface area contributed by atoms with Crippen LogP contribution < -0.4 is 0 Å². The Morgan fingerprint density at radius 1 is 0.889 bits per heavy atom. The molecular weight excluding hydrogens is 389 g/mol. The van der Waals surface area contributed by atoms with Gasteiger partial charge in [-0.3, -0.25) is 0 Å². The average molecular weight is 428 g/mol. The van der Waals surface area contributed by atoms with E-state index in [1.807, 2.05) is 6.92 Å². The first kappa shape index (κ1) is 28.9. The van der Waals surface area contributed by atoms with Gasteiger partial charge in [-0.25, -0.2) is 0 Å². The van der Waals surface area contributed by atoms with E-state index in [0.717, 1.165) is 32.1 Å². The van der Waals surface area contributed by atoms with Crippen LogP contribution in [0.15, 0.2) is 72.9 Å². The number of hydrogen-bond acceptors (Lipinski definition) is 2. The first-order chi connectivity index (χ1) is 12.8. The molecule has 0 saturated carbocycles. The molecule has 0 fully saturated rings. The molecule has 0 saturated heterocycles. The maximum atomic E-state index is 5.65. The highest BCUT2D eigenvalue weighted by atomic mass is 32.0. The lowest BCUT2D eigenvalue weighted by Gasteiger charge is -2.08. The maximum absolute atomic E-state index is 5.65. The molecule has 0 N–H and O–H groups in total. The highest BCUT2D eigenvalue weighted by Crippen LogP contribution is 2.25. The van der Waals surface area contributed by atoms with E-state index in [1.54, 1.807) is 0 Å². The van der Waals surface area contributed by atoms with Gasteiger partial charge in [0, 0.05) is 18.0 Å². The third kappa shape index (κ3) is 20.2. The van der Waals surface area contributed by atoms with E-state index in [-0.39, 0.29) is 19.6 Å². The molecule has 0 spiro atoms. The van der Waals surface area contributed by atoms with Crippen LogP contribution >= 0.6 is 26.9 Å². The van der Waals surface area contributed by atoms with E-state index in [2.05, 4.69) is 98.2 Å². The summed E-state index contributed by atoms with van der Waals surface area (Å²) in [5.41, 5.74) is 0. The van der Waals surface area contributed by atoms with Crippen LogP contribution in [0.4, 0.5) is 0 Å². The van der Waals surface area contributed by atoms with Gasteiger partial charge < -0.3 is 9.05 Å². The molecule has 0 aromatic heterocycles. The second kappa shape index (κ2) is 23.7. The van der Waals surface area contributed by atoms with Gasteiger partial charge >= 0.3 is 0 Å². The zero-order chi connectivity index (χ0) is 19.3. The SMILES string of the molecule is C.C/C=C\CC(/C=C/C=C\C/C=C\C/C=C\C=C\C(CCC)OP)OPP.